The van der Waals surface area contributed by atoms with E-state index in [0.29, 0.717) is 12.3 Å². The number of amides is 2. The summed E-state index contributed by atoms with van der Waals surface area (Å²) in [7, 11) is 3.30. The van der Waals surface area contributed by atoms with Gasteiger partial charge in [0.15, 0.2) is 5.16 Å². The van der Waals surface area contributed by atoms with Crippen LogP contribution in [-0.4, -0.2) is 42.5 Å². The van der Waals surface area contributed by atoms with Crippen molar-refractivity contribution in [2.24, 2.45) is 0 Å². The molecule has 0 bridgehead atoms. The van der Waals surface area contributed by atoms with Gasteiger partial charge in [-0.25, -0.2) is 9.78 Å². The van der Waals surface area contributed by atoms with E-state index in [1.165, 1.54) is 5.56 Å². The molecule has 0 saturated heterocycles. The number of benzene rings is 3. The van der Waals surface area contributed by atoms with E-state index >= 15 is 0 Å². The molecule has 0 fully saturated rings. The van der Waals surface area contributed by atoms with E-state index in [1.807, 2.05) is 72.8 Å². The molecule has 2 amide bonds. The molecular formula is C28H30N4O3S. The molecule has 4 rings (SSSR count). The van der Waals surface area contributed by atoms with E-state index in [-0.39, 0.29) is 6.03 Å². The van der Waals surface area contributed by atoms with Gasteiger partial charge >= 0.3 is 6.03 Å². The highest BCUT2D eigenvalue weighted by atomic mass is 32.2. The number of hydrogen-bond donors (Lipinski definition) is 3. The first-order valence-corrected chi connectivity index (χ1v) is 12.7. The zero-order valence-corrected chi connectivity index (χ0v) is 21.4. The highest BCUT2D eigenvalue weighted by molar-refractivity contribution is 7.99. The molecule has 0 aliphatic heterocycles. The molecule has 1 heterocycles. The highest BCUT2D eigenvalue weighted by Crippen LogP contribution is 2.34. The molecular weight excluding hydrogens is 472 g/mol. The molecule has 3 N–H and O–H groups in total. The predicted octanol–water partition coefficient (Wildman–Crippen LogP) is 6.24. The molecule has 0 saturated carbocycles. The molecule has 4 aromatic rings. The van der Waals surface area contributed by atoms with Crippen LogP contribution in [0, 0.1) is 0 Å². The van der Waals surface area contributed by atoms with E-state index in [1.54, 1.807) is 26.0 Å². The van der Waals surface area contributed by atoms with E-state index in [2.05, 4.69) is 22.5 Å². The number of aromatic amines is 1. The van der Waals surface area contributed by atoms with Crippen LogP contribution in [0.25, 0.3) is 22.5 Å². The summed E-state index contributed by atoms with van der Waals surface area (Å²) < 4.78 is 10.6. The van der Waals surface area contributed by atoms with Crippen LogP contribution in [0.4, 0.5) is 10.5 Å². The predicted molar refractivity (Wildman–Crippen MR) is 146 cm³/mol. The number of aromatic nitrogens is 2. The maximum absolute atomic E-state index is 12.2. The lowest BCUT2D eigenvalue weighted by Crippen LogP contribution is -2.30. The first-order chi connectivity index (χ1) is 17.6. The number of hydrogen-bond acceptors (Lipinski definition) is 5. The van der Waals surface area contributed by atoms with Gasteiger partial charge in [-0.1, -0.05) is 30.8 Å². The van der Waals surface area contributed by atoms with Gasteiger partial charge in [-0.05, 0) is 72.6 Å². The van der Waals surface area contributed by atoms with Crippen molar-refractivity contribution in [1.29, 1.82) is 0 Å². The molecule has 3 aromatic carbocycles. The summed E-state index contributed by atoms with van der Waals surface area (Å²) in [6.45, 7) is 2.60. The Labute approximate surface area is 215 Å². The fraction of sp³-hybridized carbons (Fsp3) is 0.214. The summed E-state index contributed by atoms with van der Waals surface area (Å²) in [6.07, 6.45) is 0.969. The third-order valence-corrected chi connectivity index (χ3v) is 6.55. The quantitative estimate of drug-likeness (QED) is 0.177. The van der Waals surface area contributed by atoms with Crippen molar-refractivity contribution < 1.29 is 14.3 Å². The number of anilines is 1. The molecule has 0 unspecified atom stereocenters. The topological polar surface area (TPSA) is 88.3 Å². The molecule has 0 radical (unpaired) electrons. The Kier molecular flexibility index (Phi) is 8.52. The van der Waals surface area contributed by atoms with Crippen LogP contribution in [0.1, 0.15) is 12.5 Å². The minimum atomic E-state index is -0.225. The van der Waals surface area contributed by atoms with Crippen molar-refractivity contribution in [1.82, 2.24) is 15.3 Å². The minimum absolute atomic E-state index is 0.225. The second-order valence-electron chi connectivity index (χ2n) is 8.00. The van der Waals surface area contributed by atoms with Gasteiger partial charge in [-0.2, -0.15) is 0 Å². The summed E-state index contributed by atoms with van der Waals surface area (Å²) in [5.74, 6) is 2.25. The van der Waals surface area contributed by atoms with Gasteiger partial charge in [0.1, 0.15) is 11.5 Å². The fourth-order valence-corrected chi connectivity index (χ4v) is 4.38. The Morgan fingerprint density at radius 1 is 0.889 bits per heavy atom. The minimum Gasteiger partial charge on any atom is -0.497 e. The normalized spacial score (nSPS) is 10.6. The molecule has 0 aliphatic carbocycles. The van der Waals surface area contributed by atoms with E-state index in [0.717, 1.165) is 51.3 Å². The van der Waals surface area contributed by atoms with E-state index in [4.69, 9.17) is 14.5 Å². The Balaban J connectivity index is 1.41. The lowest BCUT2D eigenvalue weighted by molar-refractivity contribution is 0.252. The second-order valence-corrected chi connectivity index (χ2v) is 9.09. The van der Waals surface area contributed by atoms with Crippen molar-refractivity contribution in [2.45, 2.75) is 18.5 Å². The van der Waals surface area contributed by atoms with Crippen LogP contribution in [-0.2, 0) is 6.42 Å². The molecule has 0 spiro atoms. The van der Waals surface area contributed by atoms with Crippen LogP contribution >= 0.6 is 11.8 Å². The number of nitrogens with one attached hydrogen (secondary N) is 3. The number of urea groups is 1. The van der Waals surface area contributed by atoms with E-state index in [9.17, 15) is 4.79 Å². The van der Waals surface area contributed by atoms with Crippen molar-refractivity contribution in [3.05, 3.63) is 78.4 Å². The van der Waals surface area contributed by atoms with Gasteiger partial charge < -0.3 is 25.1 Å². The number of carbonyl (C=O) groups excluding carboxylic acids is 1. The van der Waals surface area contributed by atoms with Crippen molar-refractivity contribution in [3.63, 3.8) is 0 Å². The number of methoxy groups -OCH3 is 2. The van der Waals surface area contributed by atoms with Gasteiger partial charge in [-0.3, -0.25) is 0 Å². The maximum atomic E-state index is 12.2. The standard InChI is InChI=1S/C28H30N4O3S/c1-4-19-5-11-22(12-6-19)30-27(33)29-17-18-36-28-31-25(20-7-13-23(34-2)14-8-20)26(32-28)21-9-15-24(35-3)16-10-21/h5-16H,4,17-18H2,1-3H3,(H,31,32)(H2,29,30,33). The Hall–Kier alpha value is -3.91. The Morgan fingerprint density at radius 2 is 1.50 bits per heavy atom. The van der Waals surface area contributed by atoms with Crippen LogP contribution in [0.5, 0.6) is 11.5 Å². The van der Waals surface area contributed by atoms with Crippen molar-refractivity contribution in [3.8, 4) is 34.0 Å². The number of rotatable bonds is 10. The molecule has 8 heteroatoms. The first-order valence-electron chi connectivity index (χ1n) is 11.7. The summed E-state index contributed by atoms with van der Waals surface area (Å²) in [5, 5.41) is 6.54. The number of thioether (sulfide) groups is 1. The van der Waals surface area contributed by atoms with Gasteiger partial charge in [0, 0.05) is 29.1 Å². The SMILES string of the molecule is CCc1ccc(NC(=O)NCCSc2nc(-c3ccc(OC)cc3)c(-c3ccc(OC)cc3)[nH]2)cc1. The fourth-order valence-electron chi connectivity index (χ4n) is 3.66. The summed E-state index contributed by atoms with van der Waals surface area (Å²) in [5.41, 5.74) is 5.78. The zero-order chi connectivity index (χ0) is 25.3. The average molecular weight is 503 g/mol. The lowest BCUT2D eigenvalue weighted by Gasteiger charge is -2.07. The molecule has 186 valence electrons. The monoisotopic (exact) mass is 502 g/mol. The Morgan fingerprint density at radius 3 is 2.08 bits per heavy atom. The maximum Gasteiger partial charge on any atom is 0.319 e. The second kappa shape index (κ2) is 12.2. The first kappa shape index (κ1) is 25.2. The third kappa shape index (κ3) is 6.40. The van der Waals surface area contributed by atoms with Gasteiger partial charge in [0.2, 0.25) is 0 Å². The van der Waals surface area contributed by atoms with Crippen LogP contribution in [0.3, 0.4) is 0 Å². The number of ether oxygens (including phenoxy) is 2. The summed E-state index contributed by atoms with van der Waals surface area (Å²) >= 11 is 1.55. The zero-order valence-electron chi connectivity index (χ0n) is 20.6. The number of H-pyrrole nitrogens is 1. The van der Waals surface area contributed by atoms with Crippen LogP contribution < -0.4 is 20.1 Å². The lowest BCUT2D eigenvalue weighted by atomic mass is 10.0. The van der Waals surface area contributed by atoms with Gasteiger partial charge in [-0.15, -0.1) is 0 Å². The molecule has 0 aliphatic rings. The van der Waals surface area contributed by atoms with Crippen LogP contribution in [0.2, 0.25) is 0 Å². The average Bonchev–Trinajstić information content (AvgIpc) is 3.36. The number of aryl methyl sites for hydroxylation is 1. The van der Waals surface area contributed by atoms with Crippen molar-refractivity contribution >= 4 is 23.5 Å². The Bertz CT molecular complexity index is 1200. The number of nitrogens with zero attached hydrogens (tertiary/aromatic N) is 1. The number of imidazole rings is 1. The summed E-state index contributed by atoms with van der Waals surface area (Å²) in [6, 6.07) is 23.3. The molecule has 7 nitrogen and oxygen atoms in total. The van der Waals surface area contributed by atoms with E-state index < -0.39 is 0 Å². The van der Waals surface area contributed by atoms with Gasteiger partial charge in [0.25, 0.3) is 0 Å². The molecule has 0 atom stereocenters. The molecule has 36 heavy (non-hydrogen) atoms. The number of carbonyl (C=O) groups is 1. The third-order valence-electron chi connectivity index (χ3n) is 5.67. The van der Waals surface area contributed by atoms with Gasteiger partial charge in [0.05, 0.1) is 25.6 Å². The van der Waals surface area contributed by atoms with Crippen molar-refractivity contribution in [2.75, 3.05) is 31.8 Å². The molecule has 1 aromatic heterocycles. The van der Waals surface area contributed by atoms with Crippen LogP contribution in [0.15, 0.2) is 78.0 Å². The highest BCUT2D eigenvalue weighted by Gasteiger charge is 2.15. The smallest absolute Gasteiger partial charge is 0.319 e. The largest absolute Gasteiger partial charge is 0.497 e. The summed E-state index contributed by atoms with van der Waals surface area (Å²) in [4.78, 5) is 20.6.